The Labute approximate surface area is 151 Å². The number of carbonyl (C=O) groups excluding carboxylic acids is 1. The van der Waals surface area contributed by atoms with Crippen LogP contribution in [0.1, 0.15) is 21.5 Å². The number of rotatable bonds is 5. The van der Waals surface area contributed by atoms with Crippen LogP contribution in [0.3, 0.4) is 0 Å². The highest BCUT2D eigenvalue weighted by atomic mass is 35.5. The molecule has 0 amide bonds. The molecular weight excluding hydrogens is 341 g/mol. The molecule has 1 N–H and O–H groups in total. The van der Waals surface area contributed by atoms with Crippen LogP contribution in [0.2, 0.25) is 10.0 Å². The molecule has 0 saturated carbocycles. The van der Waals surface area contributed by atoms with E-state index in [0.717, 1.165) is 11.3 Å². The van der Waals surface area contributed by atoms with Gasteiger partial charge in [0.05, 0.1) is 0 Å². The Balaban J connectivity index is 1.87. The van der Waals surface area contributed by atoms with Gasteiger partial charge >= 0.3 is 0 Å². The van der Waals surface area contributed by atoms with Crippen molar-refractivity contribution >= 4 is 34.7 Å². The van der Waals surface area contributed by atoms with Gasteiger partial charge in [0.15, 0.2) is 5.78 Å². The Morgan fingerprint density at radius 3 is 2.33 bits per heavy atom. The third-order valence-electron chi connectivity index (χ3n) is 3.63. The number of hydrogen-bond acceptors (Lipinski definition) is 2. The van der Waals surface area contributed by atoms with Gasteiger partial charge in [0.25, 0.3) is 0 Å². The van der Waals surface area contributed by atoms with Crippen LogP contribution < -0.4 is 5.32 Å². The Morgan fingerprint density at radius 1 is 0.833 bits per heavy atom. The van der Waals surface area contributed by atoms with E-state index in [2.05, 4.69) is 5.32 Å². The van der Waals surface area contributed by atoms with Crippen LogP contribution in [-0.2, 0) is 6.54 Å². The molecular formula is C20H15Cl2NO. The van der Waals surface area contributed by atoms with Crippen LogP contribution in [0.4, 0.5) is 5.69 Å². The first-order chi connectivity index (χ1) is 11.6. The summed E-state index contributed by atoms with van der Waals surface area (Å²) in [5.41, 5.74) is 2.96. The van der Waals surface area contributed by atoms with E-state index in [9.17, 15) is 4.79 Å². The highest BCUT2D eigenvalue weighted by molar-refractivity contribution is 6.31. The van der Waals surface area contributed by atoms with Gasteiger partial charge in [-0.3, -0.25) is 4.79 Å². The molecule has 3 aromatic rings. The zero-order valence-corrected chi connectivity index (χ0v) is 14.3. The largest absolute Gasteiger partial charge is 0.380 e. The summed E-state index contributed by atoms with van der Waals surface area (Å²) in [6.45, 7) is 0.567. The van der Waals surface area contributed by atoms with Crippen molar-refractivity contribution in [2.75, 3.05) is 5.32 Å². The molecule has 0 aliphatic rings. The SMILES string of the molecule is O=C(c1ccccc1)c1cc(Cl)ccc1NCc1cccc(Cl)c1. The summed E-state index contributed by atoms with van der Waals surface area (Å²) < 4.78 is 0. The Bertz CT molecular complexity index is 863. The molecule has 0 aromatic heterocycles. The number of anilines is 1. The first kappa shape index (κ1) is 16.6. The van der Waals surface area contributed by atoms with E-state index < -0.39 is 0 Å². The van der Waals surface area contributed by atoms with Crippen molar-refractivity contribution in [3.8, 4) is 0 Å². The Morgan fingerprint density at radius 2 is 1.58 bits per heavy atom. The molecule has 0 aliphatic heterocycles. The minimum atomic E-state index is -0.0632. The van der Waals surface area contributed by atoms with Crippen LogP contribution in [0, 0.1) is 0 Å². The Kier molecular flexibility index (Phi) is 5.19. The molecule has 3 rings (SSSR count). The van der Waals surface area contributed by atoms with Gasteiger partial charge in [-0.1, -0.05) is 65.7 Å². The molecule has 0 atom stereocenters. The third kappa shape index (κ3) is 3.97. The fraction of sp³-hybridized carbons (Fsp3) is 0.0500. The fourth-order valence-corrected chi connectivity index (χ4v) is 2.83. The smallest absolute Gasteiger partial charge is 0.195 e. The lowest BCUT2D eigenvalue weighted by Crippen LogP contribution is -2.08. The van der Waals surface area contributed by atoms with Crippen LogP contribution in [0.5, 0.6) is 0 Å². The lowest BCUT2D eigenvalue weighted by molar-refractivity contribution is 0.103. The molecule has 2 nitrogen and oxygen atoms in total. The van der Waals surface area contributed by atoms with Gasteiger partial charge in [-0.25, -0.2) is 0 Å². The van der Waals surface area contributed by atoms with Gasteiger partial charge in [-0.05, 0) is 35.9 Å². The molecule has 24 heavy (non-hydrogen) atoms. The summed E-state index contributed by atoms with van der Waals surface area (Å²) >= 11 is 12.1. The van der Waals surface area contributed by atoms with E-state index in [0.29, 0.717) is 27.7 Å². The van der Waals surface area contributed by atoms with E-state index in [1.165, 1.54) is 0 Å². The van der Waals surface area contributed by atoms with Crippen molar-refractivity contribution in [1.82, 2.24) is 0 Å². The standard InChI is InChI=1S/C20H15Cl2NO/c21-16-8-4-5-14(11-16)13-23-19-10-9-17(22)12-18(19)20(24)15-6-2-1-3-7-15/h1-12,23H,13H2. The average molecular weight is 356 g/mol. The number of hydrogen-bond donors (Lipinski definition) is 1. The summed E-state index contributed by atoms with van der Waals surface area (Å²) in [7, 11) is 0. The van der Waals surface area contributed by atoms with E-state index >= 15 is 0 Å². The second-order valence-electron chi connectivity index (χ2n) is 5.37. The fourth-order valence-electron chi connectivity index (χ4n) is 2.45. The predicted molar refractivity (Wildman–Crippen MR) is 100 cm³/mol. The third-order valence-corrected chi connectivity index (χ3v) is 4.10. The van der Waals surface area contributed by atoms with Crippen LogP contribution >= 0.6 is 23.2 Å². The topological polar surface area (TPSA) is 29.1 Å². The van der Waals surface area contributed by atoms with E-state index in [1.54, 1.807) is 24.3 Å². The molecule has 0 bridgehead atoms. The number of carbonyl (C=O) groups is 1. The monoisotopic (exact) mass is 355 g/mol. The normalized spacial score (nSPS) is 10.4. The van der Waals surface area contributed by atoms with Gasteiger partial charge < -0.3 is 5.32 Å². The maximum atomic E-state index is 12.8. The molecule has 0 unspecified atom stereocenters. The van der Waals surface area contributed by atoms with Crippen molar-refractivity contribution in [2.24, 2.45) is 0 Å². The number of nitrogens with one attached hydrogen (secondary N) is 1. The summed E-state index contributed by atoms with van der Waals surface area (Å²) in [4.78, 5) is 12.8. The quantitative estimate of drug-likeness (QED) is 0.582. The van der Waals surface area contributed by atoms with Crippen molar-refractivity contribution in [1.29, 1.82) is 0 Å². The zero-order valence-electron chi connectivity index (χ0n) is 12.8. The predicted octanol–water partition coefficient (Wildman–Crippen LogP) is 5.84. The molecule has 0 radical (unpaired) electrons. The highest BCUT2D eigenvalue weighted by Gasteiger charge is 2.14. The first-order valence-corrected chi connectivity index (χ1v) is 8.27. The first-order valence-electron chi connectivity index (χ1n) is 7.51. The van der Waals surface area contributed by atoms with Gasteiger partial charge in [-0.2, -0.15) is 0 Å². The second-order valence-corrected chi connectivity index (χ2v) is 6.24. The van der Waals surface area contributed by atoms with Crippen LogP contribution in [-0.4, -0.2) is 5.78 Å². The lowest BCUT2D eigenvalue weighted by Gasteiger charge is -2.12. The van der Waals surface area contributed by atoms with Crippen molar-refractivity contribution in [3.05, 3.63) is 99.5 Å². The molecule has 0 fully saturated rings. The molecule has 0 spiro atoms. The number of benzene rings is 3. The highest BCUT2D eigenvalue weighted by Crippen LogP contribution is 2.24. The molecule has 4 heteroatoms. The van der Waals surface area contributed by atoms with Crippen LogP contribution in [0.15, 0.2) is 72.8 Å². The summed E-state index contributed by atoms with van der Waals surface area (Å²) in [5.74, 6) is -0.0632. The average Bonchev–Trinajstić information content (AvgIpc) is 2.61. The van der Waals surface area contributed by atoms with E-state index in [4.69, 9.17) is 23.2 Å². The maximum absolute atomic E-state index is 12.8. The Hall–Kier alpha value is -2.29. The summed E-state index contributed by atoms with van der Waals surface area (Å²) in [5, 5.41) is 4.51. The van der Waals surface area contributed by atoms with Gasteiger partial charge in [-0.15, -0.1) is 0 Å². The molecule has 0 saturated heterocycles. The molecule has 0 aliphatic carbocycles. The van der Waals surface area contributed by atoms with Crippen LogP contribution in [0.25, 0.3) is 0 Å². The molecule has 120 valence electrons. The van der Waals surface area contributed by atoms with Gasteiger partial charge in [0, 0.05) is 33.4 Å². The van der Waals surface area contributed by atoms with Crippen molar-refractivity contribution in [2.45, 2.75) is 6.54 Å². The minimum Gasteiger partial charge on any atom is -0.380 e. The lowest BCUT2D eigenvalue weighted by atomic mass is 10.0. The molecule has 0 heterocycles. The summed E-state index contributed by atoms with van der Waals surface area (Å²) in [6.07, 6.45) is 0. The minimum absolute atomic E-state index is 0.0632. The van der Waals surface area contributed by atoms with Gasteiger partial charge in [0.2, 0.25) is 0 Å². The van der Waals surface area contributed by atoms with E-state index in [1.807, 2.05) is 48.5 Å². The van der Waals surface area contributed by atoms with Crippen molar-refractivity contribution in [3.63, 3.8) is 0 Å². The van der Waals surface area contributed by atoms with Crippen molar-refractivity contribution < 1.29 is 4.79 Å². The van der Waals surface area contributed by atoms with Gasteiger partial charge in [0.1, 0.15) is 0 Å². The van der Waals surface area contributed by atoms with E-state index in [-0.39, 0.29) is 5.78 Å². The maximum Gasteiger partial charge on any atom is 0.195 e. The summed E-state index contributed by atoms with van der Waals surface area (Å²) in [6, 6.07) is 22.0. The number of ketones is 1. The zero-order chi connectivity index (χ0) is 16.9. The number of halogens is 2. The molecule has 3 aromatic carbocycles. The second kappa shape index (κ2) is 7.52.